The number of piperazine rings is 1. The van der Waals surface area contributed by atoms with Crippen LogP contribution in [0, 0.1) is 0 Å². The molecule has 1 fully saturated rings. The van der Waals surface area contributed by atoms with E-state index in [1.165, 1.54) is 5.32 Å². The van der Waals surface area contributed by atoms with Crippen LogP contribution in [0.25, 0.3) is 0 Å². The number of rotatable bonds is 1. The number of anilines is 1. The van der Waals surface area contributed by atoms with E-state index in [0.29, 0.717) is 0 Å². The molecule has 0 aliphatic carbocycles. The molecule has 0 spiro atoms. The fourth-order valence-corrected chi connectivity index (χ4v) is 0.926. The van der Waals surface area contributed by atoms with Crippen molar-refractivity contribution in [1.82, 2.24) is 5.32 Å². The molecule has 1 aliphatic rings. The van der Waals surface area contributed by atoms with Crippen LogP contribution < -0.4 is 10.2 Å². The van der Waals surface area contributed by atoms with E-state index in [0.717, 1.165) is 0 Å². The topological polar surface area (TPSA) is 15.3 Å². The van der Waals surface area contributed by atoms with E-state index in [1.807, 2.05) is 0 Å². The van der Waals surface area contributed by atoms with Gasteiger partial charge in [0.2, 0.25) is 0 Å². The molecule has 2 rings (SSSR count). The van der Waals surface area contributed by atoms with Gasteiger partial charge < -0.3 is 10.2 Å². The van der Waals surface area contributed by atoms with Gasteiger partial charge in [-0.1, -0.05) is 6.04 Å². The average Bonchev–Trinajstić information content (AvgIpc) is 2.45. The van der Waals surface area contributed by atoms with Gasteiger partial charge >= 0.3 is 6.18 Å². The highest BCUT2D eigenvalue weighted by atomic mass is 19.4. The number of nitrogens with zero attached hydrogens (tertiary/aromatic N) is 1. The maximum atomic E-state index is 13.3. The lowest BCUT2D eigenvalue weighted by Gasteiger charge is -2.29. The molecule has 2 nitrogen and oxygen atoms in total. The Morgan fingerprint density at radius 2 is 2.00 bits per heavy atom. The van der Waals surface area contributed by atoms with Crippen LogP contribution in [0.5, 0.6) is 0 Å². The Morgan fingerprint density at radius 1 is 1.31 bits per heavy atom. The third-order valence-electron chi connectivity index (χ3n) is 1.58. The summed E-state index contributed by atoms with van der Waals surface area (Å²) in [5, 5.41) is 1.47. The largest absolute Gasteiger partial charge is 0.416 e. The first-order valence-electron chi connectivity index (χ1n) is 9.99. The van der Waals surface area contributed by atoms with Crippen LogP contribution in [0.2, 0.25) is 0 Å². The summed E-state index contributed by atoms with van der Waals surface area (Å²) in [6.45, 7) is -13.9. The minimum Gasteiger partial charge on any atom is -0.369 e. The molecular weight excluding hydrogens is 217 g/mol. The highest BCUT2D eigenvalue weighted by Crippen LogP contribution is 2.31. The Hall–Kier alpha value is -1.23. The molecule has 0 amide bonds. The molecule has 0 saturated carbocycles. The van der Waals surface area contributed by atoms with E-state index in [1.54, 1.807) is 0 Å². The van der Waals surface area contributed by atoms with E-state index in [9.17, 15) is 13.2 Å². The van der Waals surface area contributed by atoms with Gasteiger partial charge in [0.1, 0.15) is 0 Å². The molecule has 1 aromatic carbocycles. The second-order valence-electron chi connectivity index (χ2n) is 2.66. The van der Waals surface area contributed by atoms with Crippen LogP contribution >= 0.6 is 0 Å². The molecule has 0 atom stereocenters. The lowest BCUT2D eigenvalue weighted by Crippen LogP contribution is -2.43. The molecule has 88 valence electrons. The van der Waals surface area contributed by atoms with Crippen molar-refractivity contribution < 1.29 is 29.6 Å². The third-order valence-corrected chi connectivity index (χ3v) is 1.58. The number of benzene rings is 1. The molecule has 5 heteroatoms. The van der Waals surface area contributed by atoms with Crippen molar-refractivity contribution in [1.29, 1.82) is 0 Å². The lowest BCUT2D eigenvalue weighted by atomic mass is 10.1. The number of hydrogen-bond donors (Lipinski definition) is 1. The average molecular weight is 242 g/mol. The molecule has 0 bridgehead atoms. The lowest BCUT2D eigenvalue weighted by molar-refractivity contribution is -0.137. The molecule has 0 aromatic heterocycles. The molecule has 16 heavy (non-hydrogen) atoms. The van der Waals surface area contributed by atoms with E-state index >= 15 is 0 Å². The number of nitrogens with one attached hydrogen (secondary N) is 1. The normalized spacial score (nSPS) is 41.1. The second kappa shape index (κ2) is 4.33. The van der Waals surface area contributed by atoms with E-state index in [4.69, 9.17) is 16.4 Å². The summed E-state index contributed by atoms with van der Waals surface area (Å²) in [6, 6.07) is -6.04. The molecule has 0 unspecified atom stereocenters. The summed E-state index contributed by atoms with van der Waals surface area (Å²) in [6.07, 6.45) is -5.39. The Morgan fingerprint density at radius 3 is 2.62 bits per heavy atom. The standard InChI is InChI=1S/C11H13F3N2/c12-11(13,14)9-2-1-3-10(8-9)16-6-4-15-5-7-16/h1-3,8,15H,4-7H2/i1D,2D,3D,4D2,5D2,6D2,7D2,8D. The van der Waals surface area contributed by atoms with Gasteiger partial charge in [0, 0.05) is 37.2 Å². The zero-order valence-corrected chi connectivity index (χ0v) is 7.58. The van der Waals surface area contributed by atoms with Gasteiger partial charge in [0.15, 0.2) is 0 Å². The van der Waals surface area contributed by atoms with Crippen molar-refractivity contribution in [2.45, 2.75) is 6.18 Å². The molecular formula is C11H13F3N2. The van der Waals surface area contributed by atoms with Crippen LogP contribution in [-0.2, 0) is 6.18 Å². The van der Waals surface area contributed by atoms with Crippen molar-refractivity contribution in [2.24, 2.45) is 0 Å². The Labute approximate surface area is 109 Å². The van der Waals surface area contributed by atoms with Gasteiger partial charge in [0.05, 0.1) is 16.5 Å². The highest BCUT2D eigenvalue weighted by Gasteiger charge is 2.30. The summed E-state index contributed by atoms with van der Waals surface area (Å²) in [7, 11) is 0. The van der Waals surface area contributed by atoms with Gasteiger partial charge in [-0.3, -0.25) is 0 Å². The smallest absolute Gasteiger partial charge is 0.369 e. The molecule has 1 aliphatic heterocycles. The van der Waals surface area contributed by atoms with Gasteiger partial charge in [-0.25, -0.2) is 0 Å². The van der Waals surface area contributed by atoms with E-state index < -0.39 is 72.5 Å². The van der Waals surface area contributed by atoms with Gasteiger partial charge in [-0.2, -0.15) is 13.2 Å². The van der Waals surface area contributed by atoms with Gasteiger partial charge in [-0.15, -0.1) is 0 Å². The van der Waals surface area contributed by atoms with Gasteiger partial charge in [-0.05, 0) is 18.1 Å². The summed E-state index contributed by atoms with van der Waals surface area (Å²) in [5.74, 6) is 0. The monoisotopic (exact) mass is 242 g/mol. The minimum absolute atomic E-state index is 0.409. The van der Waals surface area contributed by atoms with Crippen LogP contribution in [0.4, 0.5) is 18.9 Å². The molecule has 1 aromatic rings. The Balaban J connectivity index is 3.01. The maximum absolute atomic E-state index is 13.3. The zero-order valence-electron chi connectivity index (χ0n) is 19.6. The minimum atomic E-state index is -5.39. The summed E-state index contributed by atoms with van der Waals surface area (Å²) in [5.41, 5.74) is -3.53. The quantitative estimate of drug-likeness (QED) is 0.811. The molecule has 1 heterocycles. The number of halogens is 3. The highest BCUT2D eigenvalue weighted by molar-refractivity contribution is 5.49. The maximum Gasteiger partial charge on any atom is 0.416 e. The van der Waals surface area contributed by atoms with Crippen LogP contribution in [0.1, 0.15) is 22.0 Å². The van der Waals surface area contributed by atoms with Crippen molar-refractivity contribution in [3.05, 3.63) is 29.7 Å². The zero-order chi connectivity index (χ0) is 22.2. The summed E-state index contributed by atoms with van der Waals surface area (Å²) >= 11 is 0. The first-order chi connectivity index (χ1) is 12.2. The molecule has 1 saturated heterocycles. The first-order valence-corrected chi connectivity index (χ1v) is 3.99. The molecule has 1 N–H and O–H groups in total. The first kappa shape index (κ1) is 3.63. The number of hydrogen-bond acceptors (Lipinski definition) is 2. The van der Waals surface area contributed by atoms with Crippen molar-refractivity contribution >= 4 is 5.69 Å². The van der Waals surface area contributed by atoms with Crippen LogP contribution in [0.15, 0.2) is 24.2 Å². The van der Waals surface area contributed by atoms with Crippen LogP contribution in [0.3, 0.4) is 0 Å². The summed E-state index contributed by atoms with van der Waals surface area (Å²) < 4.78 is 133. The fraction of sp³-hybridized carbons (Fsp3) is 0.455. The predicted molar refractivity (Wildman–Crippen MR) is 56.5 cm³/mol. The van der Waals surface area contributed by atoms with Crippen molar-refractivity contribution in [3.63, 3.8) is 0 Å². The fourth-order valence-electron chi connectivity index (χ4n) is 0.926. The SMILES string of the molecule is [2H]c1c([2H])c(N2C([2H])([2H])C([2H])([2H])NC([2H])([2H])C2([2H])[2H])c([2H])c(C(F)(F)F)c1[2H]. The van der Waals surface area contributed by atoms with Gasteiger partial charge in [0.25, 0.3) is 0 Å². The third kappa shape index (κ3) is 2.47. The summed E-state index contributed by atoms with van der Waals surface area (Å²) in [4.78, 5) is -0.409. The van der Waals surface area contributed by atoms with Crippen molar-refractivity contribution in [2.75, 3.05) is 30.9 Å². The molecule has 0 radical (unpaired) electrons. The number of alkyl halides is 3. The van der Waals surface area contributed by atoms with E-state index in [2.05, 4.69) is 0 Å². The van der Waals surface area contributed by atoms with Crippen molar-refractivity contribution in [3.8, 4) is 0 Å². The van der Waals surface area contributed by atoms with E-state index in [-0.39, 0.29) is 0 Å². The van der Waals surface area contributed by atoms with Crippen LogP contribution in [-0.4, -0.2) is 26.0 Å². The second-order valence-corrected chi connectivity index (χ2v) is 2.66. The Bertz CT molecular complexity index is 796. The predicted octanol–water partition coefficient (Wildman–Crippen LogP) is 2.11. The Kier molecular flexibility index (Phi) is 0.983.